The minimum atomic E-state index is -0.624. The molecule has 7 nitrogen and oxygen atoms in total. The van der Waals surface area contributed by atoms with Crippen LogP contribution in [0.4, 0.5) is 10.5 Å². The van der Waals surface area contributed by atoms with Crippen LogP contribution in [0.25, 0.3) is 10.2 Å². The standard InChI is InChI=1S/C13H17N5O2S/c1-6-5-7(2)18-12-8(6)9(14)10(21-12)11(19)16-3-4-17-13(15)20/h5H,3-4,14H2,1-2H3,(H,16,19)(H3,15,17,20). The molecule has 0 radical (unpaired) electrons. The summed E-state index contributed by atoms with van der Waals surface area (Å²) in [5, 5.41) is 5.90. The number of aryl methyl sites for hydroxylation is 2. The van der Waals surface area contributed by atoms with Gasteiger partial charge in [0.05, 0.1) is 5.69 Å². The largest absolute Gasteiger partial charge is 0.397 e. The Kier molecular flexibility index (Phi) is 4.27. The van der Waals surface area contributed by atoms with E-state index in [2.05, 4.69) is 15.6 Å². The maximum absolute atomic E-state index is 12.1. The molecule has 2 aromatic rings. The number of aromatic nitrogens is 1. The number of nitrogens with zero attached hydrogens (tertiary/aromatic N) is 1. The van der Waals surface area contributed by atoms with E-state index in [0.29, 0.717) is 10.6 Å². The van der Waals surface area contributed by atoms with Crippen molar-refractivity contribution in [1.29, 1.82) is 0 Å². The van der Waals surface area contributed by atoms with Gasteiger partial charge in [0.15, 0.2) is 0 Å². The van der Waals surface area contributed by atoms with E-state index in [1.807, 2.05) is 19.9 Å². The van der Waals surface area contributed by atoms with Gasteiger partial charge in [-0.15, -0.1) is 11.3 Å². The molecule has 0 bridgehead atoms. The smallest absolute Gasteiger partial charge is 0.312 e. The predicted octanol–water partition coefficient (Wildman–Crippen LogP) is 0.893. The molecule has 21 heavy (non-hydrogen) atoms. The van der Waals surface area contributed by atoms with Crippen LogP contribution < -0.4 is 22.1 Å². The number of nitrogens with two attached hydrogens (primary N) is 2. The van der Waals surface area contributed by atoms with Crippen LogP contribution in [0.15, 0.2) is 6.07 Å². The molecule has 0 atom stereocenters. The maximum Gasteiger partial charge on any atom is 0.312 e. The molecule has 8 heteroatoms. The van der Waals surface area contributed by atoms with Crippen LogP contribution >= 0.6 is 11.3 Å². The summed E-state index contributed by atoms with van der Waals surface area (Å²) in [7, 11) is 0. The predicted molar refractivity (Wildman–Crippen MR) is 83.4 cm³/mol. The van der Waals surface area contributed by atoms with Crippen molar-refractivity contribution >= 4 is 39.2 Å². The summed E-state index contributed by atoms with van der Waals surface area (Å²) >= 11 is 1.26. The van der Waals surface area contributed by atoms with Gasteiger partial charge in [-0.05, 0) is 25.5 Å². The van der Waals surface area contributed by atoms with Gasteiger partial charge < -0.3 is 22.1 Å². The molecular weight excluding hydrogens is 290 g/mol. The zero-order valence-corrected chi connectivity index (χ0v) is 12.6. The number of nitrogens with one attached hydrogen (secondary N) is 2. The summed E-state index contributed by atoms with van der Waals surface area (Å²) in [6, 6.07) is 1.31. The van der Waals surface area contributed by atoms with Crippen LogP contribution in [0.3, 0.4) is 0 Å². The lowest BCUT2D eigenvalue weighted by Crippen LogP contribution is -2.37. The molecule has 0 aliphatic rings. The summed E-state index contributed by atoms with van der Waals surface area (Å²) in [5.74, 6) is -0.279. The highest BCUT2D eigenvalue weighted by Crippen LogP contribution is 2.34. The molecule has 0 saturated carbocycles. The van der Waals surface area contributed by atoms with E-state index in [-0.39, 0.29) is 19.0 Å². The fraction of sp³-hybridized carbons (Fsp3) is 0.308. The molecule has 2 rings (SSSR count). The number of fused-ring (bicyclic) bond motifs is 1. The Labute approximate surface area is 125 Å². The summed E-state index contributed by atoms with van der Waals surface area (Å²) in [4.78, 5) is 28.2. The Bertz CT molecular complexity index is 710. The maximum atomic E-state index is 12.1. The number of amides is 3. The fourth-order valence-corrected chi connectivity index (χ4v) is 3.21. The van der Waals surface area contributed by atoms with E-state index in [4.69, 9.17) is 11.5 Å². The molecule has 0 aliphatic carbocycles. The molecule has 0 fully saturated rings. The van der Waals surface area contributed by atoms with Crippen molar-refractivity contribution in [2.24, 2.45) is 5.73 Å². The third kappa shape index (κ3) is 3.22. The molecule has 3 amide bonds. The van der Waals surface area contributed by atoms with E-state index in [1.54, 1.807) is 0 Å². The number of pyridine rings is 1. The first-order valence-electron chi connectivity index (χ1n) is 6.38. The topological polar surface area (TPSA) is 123 Å². The van der Waals surface area contributed by atoms with Gasteiger partial charge in [0.1, 0.15) is 9.71 Å². The highest BCUT2D eigenvalue weighted by molar-refractivity contribution is 7.21. The zero-order valence-electron chi connectivity index (χ0n) is 11.8. The normalized spacial score (nSPS) is 10.6. The molecule has 0 aliphatic heterocycles. The van der Waals surface area contributed by atoms with Gasteiger partial charge in [-0.1, -0.05) is 0 Å². The number of hydrogen-bond donors (Lipinski definition) is 4. The Morgan fingerprint density at radius 1 is 1.29 bits per heavy atom. The molecule has 0 saturated heterocycles. The van der Waals surface area contributed by atoms with Crippen LogP contribution in [0.2, 0.25) is 0 Å². The van der Waals surface area contributed by atoms with Crippen molar-refractivity contribution in [2.75, 3.05) is 18.8 Å². The second-order valence-corrected chi connectivity index (χ2v) is 5.65. The molecule has 112 valence electrons. The van der Waals surface area contributed by atoms with Gasteiger partial charge in [-0.25, -0.2) is 9.78 Å². The van der Waals surface area contributed by atoms with Crippen LogP contribution in [-0.2, 0) is 0 Å². The zero-order chi connectivity index (χ0) is 15.6. The molecule has 0 aromatic carbocycles. The van der Waals surface area contributed by atoms with Crippen molar-refractivity contribution in [3.8, 4) is 0 Å². The number of hydrogen-bond acceptors (Lipinski definition) is 5. The monoisotopic (exact) mass is 307 g/mol. The Morgan fingerprint density at radius 3 is 2.62 bits per heavy atom. The van der Waals surface area contributed by atoms with E-state index < -0.39 is 6.03 Å². The Morgan fingerprint density at radius 2 is 1.95 bits per heavy atom. The second-order valence-electron chi connectivity index (χ2n) is 4.65. The van der Waals surface area contributed by atoms with Crippen LogP contribution in [0, 0.1) is 13.8 Å². The first-order valence-corrected chi connectivity index (χ1v) is 7.19. The highest BCUT2D eigenvalue weighted by atomic mass is 32.1. The average molecular weight is 307 g/mol. The molecule has 0 unspecified atom stereocenters. The van der Waals surface area contributed by atoms with Crippen LogP contribution in [0.1, 0.15) is 20.9 Å². The third-order valence-corrected chi connectivity index (χ3v) is 4.04. The van der Waals surface area contributed by atoms with Gasteiger partial charge in [0.25, 0.3) is 5.91 Å². The SMILES string of the molecule is Cc1cc(C)c2c(N)c(C(=O)NCCNC(N)=O)sc2n1. The molecule has 2 aromatic heterocycles. The second kappa shape index (κ2) is 5.96. The number of primary amides is 1. The Hall–Kier alpha value is -2.35. The number of thiophene rings is 1. The van der Waals surface area contributed by atoms with Crippen LogP contribution in [0.5, 0.6) is 0 Å². The lowest BCUT2D eigenvalue weighted by atomic mass is 10.1. The van der Waals surface area contributed by atoms with E-state index in [9.17, 15) is 9.59 Å². The minimum Gasteiger partial charge on any atom is -0.397 e. The number of nitrogen functional groups attached to an aromatic ring is 1. The highest BCUT2D eigenvalue weighted by Gasteiger charge is 2.18. The van der Waals surface area contributed by atoms with E-state index >= 15 is 0 Å². The number of anilines is 1. The molecular formula is C13H17N5O2S. The summed E-state index contributed by atoms with van der Waals surface area (Å²) < 4.78 is 0. The van der Waals surface area contributed by atoms with E-state index in [0.717, 1.165) is 21.5 Å². The summed E-state index contributed by atoms with van der Waals surface area (Å²) in [6.45, 7) is 4.39. The van der Waals surface area contributed by atoms with E-state index in [1.165, 1.54) is 11.3 Å². The van der Waals surface area contributed by atoms with Crippen molar-refractivity contribution in [1.82, 2.24) is 15.6 Å². The summed E-state index contributed by atoms with van der Waals surface area (Å²) in [5.41, 5.74) is 13.3. The van der Waals surface area contributed by atoms with Crippen molar-refractivity contribution < 1.29 is 9.59 Å². The van der Waals surface area contributed by atoms with Crippen molar-refractivity contribution in [3.05, 3.63) is 22.2 Å². The molecule has 6 N–H and O–H groups in total. The van der Waals surface area contributed by atoms with Gasteiger partial charge in [-0.2, -0.15) is 0 Å². The average Bonchev–Trinajstić information content (AvgIpc) is 2.71. The lowest BCUT2D eigenvalue weighted by Gasteiger charge is -2.04. The van der Waals surface area contributed by atoms with Crippen molar-refractivity contribution in [2.45, 2.75) is 13.8 Å². The first-order chi connectivity index (χ1) is 9.90. The van der Waals surface area contributed by atoms with Gasteiger partial charge >= 0.3 is 6.03 Å². The number of carbonyl (C=O) groups excluding carboxylic acids is 2. The molecule has 0 spiro atoms. The van der Waals surface area contributed by atoms with Gasteiger partial charge in [0, 0.05) is 24.2 Å². The Balaban J connectivity index is 2.18. The van der Waals surface area contributed by atoms with Crippen molar-refractivity contribution in [3.63, 3.8) is 0 Å². The lowest BCUT2D eigenvalue weighted by molar-refractivity contribution is 0.0959. The third-order valence-electron chi connectivity index (χ3n) is 2.94. The first kappa shape index (κ1) is 15.0. The van der Waals surface area contributed by atoms with Crippen LogP contribution in [-0.4, -0.2) is 30.0 Å². The number of urea groups is 1. The quantitative estimate of drug-likeness (QED) is 0.626. The van der Waals surface area contributed by atoms with Gasteiger partial charge in [-0.3, -0.25) is 4.79 Å². The fourth-order valence-electron chi connectivity index (χ4n) is 2.08. The van der Waals surface area contributed by atoms with Gasteiger partial charge in [0.2, 0.25) is 0 Å². The minimum absolute atomic E-state index is 0.266. The number of rotatable bonds is 4. The number of carbonyl (C=O) groups is 2. The summed E-state index contributed by atoms with van der Waals surface area (Å²) in [6.07, 6.45) is 0. The molecule has 2 heterocycles.